The number of anilines is 1. The highest BCUT2D eigenvalue weighted by molar-refractivity contribution is 7.99. The van der Waals surface area contributed by atoms with E-state index in [0.717, 1.165) is 27.6 Å². The van der Waals surface area contributed by atoms with Crippen LogP contribution in [0.5, 0.6) is 5.75 Å². The minimum absolute atomic E-state index is 0.0176. The van der Waals surface area contributed by atoms with Gasteiger partial charge < -0.3 is 10.1 Å². The van der Waals surface area contributed by atoms with Crippen LogP contribution in [0.15, 0.2) is 18.2 Å². The number of ether oxygens (including phenoxy) is 1. The maximum atomic E-state index is 12.0. The minimum atomic E-state index is -0.119. The number of nitrogens with one attached hydrogen (secondary N) is 2. The van der Waals surface area contributed by atoms with Crippen molar-refractivity contribution in [2.24, 2.45) is 0 Å². The Morgan fingerprint density at radius 3 is 3.21 bits per heavy atom. The Bertz CT molecular complexity index is 608. The summed E-state index contributed by atoms with van der Waals surface area (Å²) in [5.74, 6) is 2.42. The van der Waals surface area contributed by atoms with Gasteiger partial charge in [0.15, 0.2) is 5.13 Å². The van der Waals surface area contributed by atoms with Gasteiger partial charge in [-0.2, -0.15) is 0 Å². The van der Waals surface area contributed by atoms with Gasteiger partial charge in [-0.05, 0) is 18.2 Å². The van der Waals surface area contributed by atoms with Crippen LogP contribution in [0.2, 0.25) is 0 Å². The molecule has 1 aromatic heterocycles. The molecule has 1 atom stereocenters. The lowest BCUT2D eigenvalue weighted by Gasteiger charge is -2.07. The monoisotopic (exact) mass is 295 g/mol. The number of benzene rings is 1. The van der Waals surface area contributed by atoms with Crippen LogP contribution in [0.4, 0.5) is 5.13 Å². The standard InChI is InChI=1S/C12H13N3O2S2/c1-17-7-2-3-8-10(4-7)19-12(14-8)15-11(16)9-5-18-6-13-9/h2-4,9,13H,5-6H2,1H3,(H,14,15,16). The molecule has 2 aromatic rings. The number of methoxy groups -OCH3 is 1. The van der Waals surface area contributed by atoms with E-state index in [1.165, 1.54) is 11.3 Å². The molecule has 0 bridgehead atoms. The average Bonchev–Trinajstić information content (AvgIpc) is 3.06. The molecule has 3 rings (SSSR count). The molecule has 0 aliphatic carbocycles. The summed E-state index contributed by atoms with van der Waals surface area (Å²) >= 11 is 3.18. The number of thiazole rings is 1. The molecule has 1 saturated heterocycles. The maximum Gasteiger partial charge on any atom is 0.244 e. The predicted molar refractivity (Wildman–Crippen MR) is 79.1 cm³/mol. The van der Waals surface area contributed by atoms with E-state index in [1.807, 2.05) is 18.2 Å². The molecular weight excluding hydrogens is 282 g/mol. The third kappa shape index (κ3) is 2.68. The van der Waals surface area contributed by atoms with E-state index in [-0.39, 0.29) is 11.9 Å². The SMILES string of the molecule is COc1ccc2nc(NC(=O)C3CSCN3)sc2c1. The first-order valence-corrected chi connectivity index (χ1v) is 7.80. The number of aromatic nitrogens is 1. The summed E-state index contributed by atoms with van der Waals surface area (Å²) in [6, 6.07) is 5.56. The second-order valence-electron chi connectivity index (χ2n) is 4.11. The van der Waals surface area contributed by atoms with Crippen molar-refractivity contribution in [1.82, 2.24) is 10.3 Å². The number of amides is 1. The summed E-state index contributed by atoms with van der Waals surface area (Å²) in [6.07, 6.45) is 0. The molecule has 1 fully saturated rings. The van der Waals surface area contributed by atoms with Gasteiger partial charge in [0.2, 0.25) is 5.91 Å². The van der Waals surface area contributed by atoms with E-state index in [9.17, 15) is 4.79 Å². The molecule has 5 nitrogen and oxygen atoms in total. The van der Waals surface area contributed by atoms with E-state index in [0.29, 0.717) is 5.13 Å². The Morgan fingerprint density at radius 1 is 1.58 bits per heavy atom. The highest BCUT2D eigenvalue weighted by Gasteiger charge is 2.23. The first-order chi connectivity index (χ1) is 9.26. The number of nitrogens with zero attached hydrogens (tertiary/aromatic N) is 1. The van der Waals surface area contributed by atoms with E-state index in [2.05, 4.69) is 15.6 Å². The van der Waals surface area contributed by atoms with E-state index >= 15 is 0 Å². The van der Waals surface area contributed by atoms with Gasteiger partial charge in [0, 0.05) is 11.6 Å². The van der Waals surface area contributed by atoms with Crippen LogP contribution in [0, 0.1) is 0 Å². The van der Waals surface area contributed by atoms with Gasteiger partial charge in [0.25, 0.3) is 0 Å². The van der Waals surface area contributed by atoms with Crippen molar-refractivity contribution in [2.75, 3.05) is 24.1 Å². The summed E-state index contributed by atoms with van der Waals surface area (Å²) in [5, 5.41) is 6.63. The minimum Gasteiger partial charge on any atom is -0.497 e. The fourth-order valence-electron chi connectivity index (χ4n) is 1.84. The smallest absolute Gasteiger partial charge is 0.244 e. The van der Waals surface area contributed by atoms with Gasteiger partial charge in [-0.1, -0.05) is 11.3 Å². The molecule has 1 amide bonds. The van der Waals surface area contributed by atoms with Gasteiger partial charge in [-0.25, -0.2) is 4.98 Å². The van der Waals surface area contributed by atoms with Gasteiger partial charge in [0.1, 0.15) is 5.75 Å². The molecule has 19 heavy (non-hydrogen) atoms. The van der Waals surface area contributed by atoms with Crippen molar-refractivity contribution < 1.29 is 9.53 Å². The average molecular weight is 295 g/mol. The number of thioether (sulfide) groups is 1. The topological polar surface area (TPSA) is 63.2 Å². The summed E-state index contributed by atoms with van der Waals surface area (Å²) in [5.41, 5.74) is 0.870. The zero-order valence-electron chi connectivity index (χ0n) is 10.3. The van der Waals surface area contributed by atoms with Crippen molar-refractivity contribution in [3.63, 3.8) is 0 Å². The molecule has 0 spiro atoms. The van der Waals surface area contributed by atoms with Crippen molar-refractivity contribution in [2.45, 2.75) is 6.04 Å². The number of hydrogen-bond acceptors (Lipinski definition) is 6. The molecule has 1 aliphatic heterocycles. The number of carbonyl (C=O) groups excluding carboxylic acids is 1. The van der Waals surface area contributed by atoms with Gasteiger partial charge in [0.05, 0.1) is 23.4 Å². The Kier molecular flexibility index (Phi) is 3.58. The van der Waals surface area contributed by atoms with Crippen molar-refractivity contribution in [3.8, 4) is 5.75 Å². The van der Waals surface area contributed by atoms with Crippen LogP contribution >= 0.6 is 23.1 Å². The summed E-state index contributed by atoms with van der Waals surface area (Å²) in [4.78, 5) is 16.4. The van der Waals surface area contributed by atoms with Crippen LogP contribution in [0.1, 0.15) is 0 Å². The molecule has 2 N–H and O–H groups in total. The lowest BCUT2D eigenvalue weighted by molar-refractivity contribution is -0.117. The first kappa shape index (κ1) is 12.7. The molecule has 1 aliphatic rings. The second-order valence-corrected chi connectivity index (χ2v) is 6.17. The highest BCUT2D eigenvalue weighted by Crippen LogP contribution is 2.29. The van der Waals surface area contributed by atoms with Crippen molar-refractivity contribution in [3.05, 3.63) is 18.2 Å². The van der Waals surface area contributed by atoms with Crippen LogP contribution in [0.3, 0.4) is 0 Å². The molecule has 0 radical (unpaired) electrons. The summed E-state index contributed by atoms with van der Waals surface area (Å²) < 4.78 is 6.18. The molecule has 0 saturated carbocycles. The largest absolute Gasteiger partial charge is 0.497 e. The molecule has 1 aromatic carbocycles. The van der Waals surface area contributed by atoms with E-state index in [1.54, 1.807) is 18.9 Å². The Hall–Kier alpha value is -1.31. The molecular formula is C12H13N3O2S2. The normalized spacial score (nSPS) is 18.7. The van der Waals surface area contributed by atoms with Crippen molar-refractivity contribution >= 4 is 44.4 Å². The van der Waals surface area contributed by atoms with Crippen LogP contribution in [-0.2, 0) is 4.79 Å². The summed E-state index contributed by atoms with van der Waals surface area (Å²) in [6.45, 7) is 0. The van der Waals surface area contributed by atoms with E-state index < -0.39 is 0 Å². The Balaban J connectivity index is 1.79. The number of fused-ring (bicyclic) bond motifs is 1. The maximum absolute atomic E-state index is 12.0. The first-order valence-electron chi connectivity index (χ1n) is 5.83. The lowest BCUT2D eigenvalue weighted by atomic mass is 10.3. The van der Waals surface area contributed by atoms with Gasteiger partial charge in [-0.3, -0.25) is 10.1 Å². The van der Waals surface area contributed by atoms with Crippen LogP contribution in [0.25, 0.3) is 10.2 Å². The fourth-order valence-corrected chi connectivity index (χ4v) is 3.68. The fraction of sp³-hybridized carbons (Fsp3) is 0.333. The molecule has 100 valence electrons. The van der Waals surface area contributed by atoms with Crippen LogP contribution in [-0.4, -0.2) is 35.7 Å². The Labute approximate surface area is 118 Å². The van der Waals surface area contributed by atoms with Gasteiger partial charge in [-0.15, -0.1) is 11.8 Å². The zero-order valence-corrected chi connectivity index (χ0v) is 11.9. The quantitative estimate of drug-likeness (QED) is 0.905. The van der Waals surface area contributed by atoms with Crippen molar-refractivity contribution in [1.29, 1.82) is 0 Å². The zero-order chi connectivity index (χ0) is 13.2. The third-order valence-electron chi connectivity index (χ3n) is 2.86. The van der Waals surface area contributed by atoms with E-state index in [4.69, 9.17) is 4.74 Å². The summed E-state index contributed by atoms with van der Waals surface area (Å²) in [7, 11) is 1.63. The van der Waals surface area contributed by atoms with Gasteiger partial charge >= 0.3 is 0 Å². The molecule has 1 unspecified atom stereocenters. The second kappa shape index (κ2) is 5.36. The molecule has 2 heterocycles. The number of carbonyl (C=O) groups is 1. The number of hydrogen-bond donors (Lipinski definition) is 2. The third-order valence-corrected chi connectivity index (χ3v) is 4.73. The molecule has 7 heteroatoms. The lowest BCUT2D eigenvalue weighted by Crippen LogP contribution is -2.37. The highest BCUT2D eigenvalue weighted by atomic mass is 32.2. The predicted octanol–water partition coefficient (Wildman–Crippen LogP) is 1.91. The van der Waals surface area contributed by atoms with Crippen LogP contribution < -0.4 is 15.4 Å². The Morgan fingerprint density at radius 2 is 2.47 bits per heavy atom. The number of rotatable bonds is 3.